The summed E-state index contributed by atoms with van der Waals surface area (Å²) in [6.07, 6.45) is 1.10. The van der Waals surface area contributed by atoms with E-state index in [2.05, 4.69) is 111 Å². The molecule has 7 heteroatoms. The molecule has 0 atom stereocenters. The fraction of sp³-hybridized carbons (Fsp3) is 0.273. The molecule has 5 rings (SSSR count). The van der Waals surface area contributed by atoms with E-state index in [1.54, 1.807) is 0 Å². The van der Waals surface area contributed by atoms with Gasteiger partial charge >= 0.3 is 0 Å². The summed E-state index contributed by atoms with van der Waals surface area (Å²) in [6, 6.07) is 31.3. The molecule has 204 valence electrons. The van der Waals surface area contributed by atoms with Crippen LogP contribution in [0.1, 0.15) is 20.3 Å². The number of para-hydroxylation sites is 1. The van der Waals surface area contributed by atoms with Crippen molar-refractivity contribution in [1.82, 2.24) is 10.3 Å². The van der Waals surface area contributed by atoms with Crippen molar-refractivity contribution in [2.75, 3.05) is 50.1 Å². The molecule has 0 radical (unpaired) electrons. The SMILES string of the molecule is CCN(CC)c1ccc2nc3ccc(N=Nc4ccc(N(C)CCCNC)cc4)cc3[n+](-c3ccccc3)c2c1. The van der Waals surface area contributed by atoms with E-state index in [1.165, 1.54) is 11.4 Å². The van der Waals surface area contributed by atoms with Crippen LogP contribution in [0.15, 0.2) is 101 Å². The summed E-state index contributed by atoms with van der Waals surface area (Å²) in [5, 5.41) is 12.3. The van der Waals surface area contributed by atoms with Crippen LogP contribution in [0.4, 0.5) is 22.7 Å². The molecule has 0 spiro atoms. The molecule has 0 fully saturated rings. The van der Waals surface area contributed by atoms with Crippen LogP contribution >= 0.6 is 0 Å². The molecule has 0 aliphatic carbocycles. The van der Waals surface area contributed by atoms with Gasteiger partial charge in [-0.1, -0.05) is 18.2 Å². The molecule has 0 aliphatic rings. The van der Waals surface area contributed by atoms with Crippen molar-refractivity contribution >= 4 is 44.8 Å². The van der Waals surface area contributed by atoms with Gasteiger partial charge in [0.2, 0.25) is 16.7 Å². The van der Waals surface area contributed by atoms with Crippen molar-refractivity contribution < 1.29 is 4.57 Å². The van der Waals surface area contributed by atoms with E-state index in [0.717, 1.165) is 71.7 Å². The summed E-state index contributed by atoms with van der Waals surface area (Å²) in [5.41, 5.74) is 8.98. The van der Waals surface area contributed by atoms with Crippen LogP contribution in [-0.4, -0.2) is 45.3 Å². The van der Waals surface area contributed by atoms with E-state index in [1.807, 2.05) is 37.4 Å². The van der Waals surface area contributed by atoms with E-state index in [9.17, 15) is 0 Å². The first-order valence-electron chi connectivity index (χ1n) is 14.1. The number of benzene rings is 4. The molecule has 0 saturated carbocycles. The molecule has 0 bridgehead atoms. The predicted octanol–water partition coefficient (Wildman–Crippen LogP) is 6.97. The first kappa shape index (κ1) is 27.2. The van der Waals surface area contributed by atoms with E-state index in [-0.39, 0.29) is 0 Å². The summed E-state index contributed by atoms with van der Waals surface area (Å²) >= 11 is 0. The van der Waals surface area contributed by atoms with Crippen molar-refractivity contribution in [3.05, 3.63) is 91.0 Å². The predicted molar refractivity (Wildman–Crippen MR) is 167 cm³/mol. The molecule has 1 N–H and O–H groups in total. The molecule has 0 unspecified atom stereocenters. The molecular weight excluding hydrogens is 494 g/mol. The average Bonchev–Trinajstić information content (AvgIpc) is 3.00. The molecule has 7 nitrogen and oxygen atoms in total. The van der Waals surface area contributed by atoms with Crippen molar-refractivity contribution in [2.45, 2.75) is 20.3 Å². The molecular formula is C33H38N7+. The minimum Gasteiger partial charge on any atom is -0.375 e. The standard InChI is InChI=1S/C33H38N7/c1-5-39(6-2)29-18-20-31-33(24-29)40(28-11-8-7-9-12-28)32-23-26(15-19-30(32)35-31)37-36-25-13-16-27(17-14-25)38(4)22-10-21-34-3/h7-9,11-20,23-24,34H,5-6,10,21-22H2,1-4H3/q+1. The lowest BCUT2D eigenvalue weighted by molar-refractivity contribution is -0.538. The van der Waals surface area contributed by atoms with Gasteiger partial charge in [0.05, 0.1) is 11.4 Å². The number of azo groups is 1. The van der Waals surface area contributed by atoms with Crippen LogP contribution in [0.25, 0.3) is 27.8 Å². The van der Waals surface area contributed by atoms with E-state index in [0.29, 0.717) is 0 Å². The van der Waals surface area contributed by atoms with Gasteiger partial charge in [0, 0.05) is 62.3 Å². The van der Waals surface area contributed by atoms with Gasteiger partial charge in [-0.25, -0.2) is 4.98 Å². The Bertz CT molecular complexity index is 1590. The lowest BCUT2D eigenvalue weighted by Gasteiger charge is -2.20. The van der Waals surface area contributed by atoms with Gasteiger partial charge in [-0.2, -0.15) is 10.2 Å². The molecule has 0 saturated heterocycles. The summed E-state index contributed by atoms with van der Waals surface area (Å²) < 4.78 is 2.28. The van der Waals surface area contributed by atoms with E-state index < -0.39 is 0 Å². The molecule has 1 heterocycles. The minimum absolute atomic E-state index is 0.784. The second-order valence-electron chi connectivity index (χ2n) is 9.90. The molecule has 0 amide bonds. The van der Waals surface area contributed by atoms with Crippen LogP contribution < -0.4 is 19.7 Å². The highest BCUT2D eigenvalue weighted by Gasteiger charge is 2.21. The van der Waals surface area contributed by atoms with Gasteiger partial charge in [0.15, 0.2) is 0 Å². The van der Waals surface area contributed by atoms with Crippen LogP contribution in [0.3, 0.4) is 0 Å². The zero-order valence-electron chi connectivity index (χ0n) is 23.9. The topological polar surface area (TPSA) is 60.0 Å². The highest BCUT2D eigenvalue weighted by Crippen LogP contribution is 2.27. The quantitative estimate of drug-likeness (QED) is 0.0864. The molecule has 40 heavy (non-hydrogen) atoms. The smallest absolute Gasteiger partial charge is 0.239 e. The van der Waals surface area contributed by atoms with Gasteiger partial charge in [-0.05, 0) is 82.4 Å². The third-order valence-electron chi connectivity index (χ3n) is 7.28. The number of nitrogens with one attached hydrogen (secondary N) is 1. The first-order valence-corrected chi connectivity index (χ1v) is 14.1. The summed E-state index contributed by atoms with van der Waals surface area (Å²) in [4.78, 5) is 9.62. The number of aromatic nitrogens is 2. The van der Waals surface area contributed by atoms with Crippen molar-refractivity contribution in [2.24, 2.45) is 10.2 Å². The normalized spacial score (nSPS) is 11.5. The summed E-state index contributed by atoms with van der Waals surface area (Å²) in [6.45, 7) is 8.28. The Hall–Kier alpha value is -4.36. The summed E-state index contributed by atoms with van der Waals surface area (Å²) in [7, 11) is 4.10. The number of nitrogens with zero attached hydrogens (tertiary/aromatic N) is 6. The Morgan fingerprint density at radius 2 is 1.38 bits per heavy atom. The second-order valence-corrected chi connectivity index (χ2v) is 9.90. The Morgan fingerprint density at radius 1 is 0.750 bits per heavy atom. The third-order valence-corrected chi connectivity index (χ3v) is 7.28. The van der Waals surface area contributed by atoms with Crippen molar-refractivity contribution in [3.63, 3.8) is 0 Å². The molecule has 0 aliphatic heterocycles. The maximum Gasteiger partial charge on any atom is 0.239 e. The summed E-state index contributed by atoms with van der Waals surface area (Å²) in [5.74, 6) is 0. The lowest BCUT2D eigenvalue weighted by atomic mass is 10.1. The number of hydrogen-bond acceptors (Lipinski definition) is 6. The molecule has 4 aromatic carbocycles. The largest absolute Gasteiger partial charge is 0.375 e. The maximum absolute atomic E-state index is 5.01. The zero-order valence-corrected chi connectivity index (χ0v) is 23.9. The maximum atomic E-state index is 5.01. The monoisotopic (exact) mass is 532 g/mol. The Morgan fingerprint density at radius 3 is 2.08 bits per heavy atom. The van der Waals surface area contributed by atoms with Gasteiger partial charge in [0.25, 0.3) is 0 Å². The van der Waals surface area contributed by atoms with Gasteiger partial charge < -0.3 is 15.1 Å². The van der Waals surface area contributed by atoms with Crippen LogP contribution in [0.5, 0.6) is 0 Å². The van der Waals surface area contributed by atoms with Gasteiger partial charge in [-0.3, -0.25) is 0 Å². The number of fused-ring (bicyclic) bond motifs is 2. The second kappa shape index (κ2) is 12.7. The van der Waals surface area contributed by atoms with Crippen LogP contribution in [0.2, 0.25) is 0 Å². The van der Waals surface area contributed by atoms with Crippen LogP contribution in [0, 0.1) is 0 Å². The Kier molecular flexibility index (Phi) is 8.62. The number of anilines is 2. The average molecular weight is 533 g/mol. The minimum atomic E-state index is 0.784. The Labute approximate surface area is 236 Å². The number of hydrogen-bond donors (Lipinski definition) is 1. The van der Waals surface area contributed by atoms with Crippen molar-refractivity contribution in [1.29, 1.82) is 0 Å². The number of rotatable bonds is 11. The highest BCUT2D eigenvalue weighted by atomic mass is 15.1. The zero-order chi connectivity index (χ0) is 27.9. The highest BCUT2D eigenvalue weighted by molar-refractivity contribution is 5.85. The molecule has 1 aromatic heterocycles. The Balaban J connectivity index is 1.52. The van der Waals surface area contributed by atoms with Gasteiger partial charge in [0.1, 0.15) is 11.0 Å². The van der Waals surface area contributed by atoms with Crippen LogP contribution in [-0.2, 0) is 0 Å². The van der Waals surface area contributed by atoms with Crippen molar-refractivity contribution in [3.8, 4) is 5.69 Å². The lowest BCUT2D eigenvalue weighted by Crippen LogP contribution is -2.33. The fourth-order valence-corrected chi connectivity index (χ4v) is 5.04. The third kappa shape index (κ3) is 5.95. The molecule has 5 aromatic rings. The fourth-order valence-electron chi connectivity index (χ4n) is 5.04. The first-order chi connectivity index (χ1) is 19.6. The van der Waals surface area contributed by atoms with E-state index in [4.69, 9.17) is 4.98 Å². The van der Waals surface area contributed by atoms with E-state index >= 15 is 0 Å². The van der Waals surface area contributed by atoms with Gasteiger partial charge in [-0.15, -0.1) is 4.57 Å².